The maximum Gasteiger partial charge on any atom is 0.428 e. The van der Waals surface area contributed by atoms with Crippen LogP contribution in [0, 0.1) is 5.82 Å². The van der Waals surface area contributed by atoms with Gasteiger partial charge in [-0.25, -0.2) is 14.3 Å². The summed E-state index contributed by atoms with van der Waals surface area (Å²) in [5.41, 5.74) is 8.21. The Hall–Kier alpha value is -3.79. The second-order valence-corrected chi connectivity index (χ2v) is 7.47. The van der Waals surface area contributed by atoms with Crippen LogP contribution in [-0.2, 0) is 11.3 Å². The zero-order chi connectivity index (χ0) is 21.5. The lowest BCUT2D eigenvalue weighted by Crippen LogP contribution is -2.45. The molecule has 4 N–H and O–H groups in total. The van der Waals surface area contributed by atoms with E-state index < -0.39 is 0 Å². The van der Waals surface area contributed by atoms with Gasteiger partial charge < -0.3 is 15.5 Å². The summed E-state index contributed by atoms with van der Waals surface area (Å²) in [6.07, 6.45) is 3.30. The van der Waals surface area contributed by atoms with Gasteiger partial charge in [0, 0.05) is 30.0 Å². The highest BCUT2D eigenvalue weighted by atomic mass is 19.1. The Kier molecular flexibility index (Phi) is 4.63. The molecular formula is C21H20FN6O3+. The number of fused-ring (bicyclic) bond motifs is 1. The van der Waals surface area contributed by atoms with E-state index in [4.69, 9.17) is 10.5 Å². The second kappa shape index (κ2) is 7.47. The lowest BCUT2D eigenvalue weighted by molar-refractivity contribution is -0.516. The number of nitrogen functional groups attached to an aromatic ring is 1. The van der Waals surface area contributed by atoms with Crippen molar-refractivity contribution in [1.82, 2.24) is 19.7 Å². The number of rotatable bonds is 4. The maximum atomic E-state index is 13.5. The number of hydrogen-bond donors (Lipinski definition) is 3. The summed E-state index contributed by atoms with van der Waals surface area (Å²) in [7, 11) is 0. The molecule has 5 rings (SSSR count). The van der Waals surface area contributed by atoms with E-state index in [0.717, 1.165) is 12.8 Å². The fourth-order valence-electron chi connectivity index (χ4n) is 3.93. The molecule has 1 saturated heterocycles. The summed E-state index contributed by atoms with van der Waals surface area (Å²) in [5.74, 6) is -0.385. The standard InChI is InChI=1S/C21H19FN6O3/c22-14-6-3-12(4-7-14)18-17(13-5-8-16(29)24-10-13)19-26-27(11-15-2-1-9-31-15)21(30)28(19)20(23)25-18/h3-8,10,15H,1-2,9,11H2,(H3,23,24,25,26,29)/p+1/t15-/m1/s1. The summed E-state index contributed by atoms with van der Waals surface area (Å²) in [6, 6.07) is 8.85. The molecule has 1 aliphatic rings. The monoisotopic (exact) mass is 423 g/mol. The van der Waals surface area contributed by atoms with Crippen molar-refractivity contribution in [2.75, 3.05) is 12.3 Å². The van der Waals surface area contributed by atoms with Crippen LogP contribution >= 0.6 is 0 Å². The van der Waals surface area contributed by atoms with Crippen molar-refractivity contribution in [3.8, 4) is 22.4 Å². The van der Waals surface area contributed by atoms with Crippen LogP contribution in [0.25, 0.3) is 28.0 Å². The van der Waals surface area contributed by atoms with Gasteiger partial charge in [-0.15, -0.1) is 9.38 Å². The summed E-state index contributed by atoms with van der Waals surface area (Å²) in [5, 5.41) is 3.14. The molecular weight excluding hydrogens is 403 g/mol. The van der Waals surface area contributed by atoms with Crippen molar-refractivity contribution in [3.05, 3.63) is 69.3 Å². The van der Waals surface area contributed by atoms with Crippen molar-refractivity contribution in [1.29, 1.82) is 0 Å². The highest BCUT2D eigenvalue weighted by Crippen LogP contribution is 2.32. The predicted molar refractivity (Wildman–Crippen MR) is 111 cm³/mol. The van der Waals surface area contributed by atoms with Crippen molar-refractivity contribution in [2.45, 2.75) is 25.5 Å². The van der Waals surface area contributed by atoms with Gasteiger partial charge in [0.15, 0.2) is 0 Å². The third-order valence-electron chi connectivity index (χ3n) is 5.42. The van der Waals surface area contributed by atoms with Gasteiger partial charge in [-0.1, -0.05) is 0 Å². The van der Waals surface area contributed by atoms with Crippen molar-refractivity contribution >= 4 is 11.6 Å². The van der Waals surface area contributed by atoms with E-state index in [-0.39, 0.29) is 29.1 Å². The molecule has 1 fully saturated rings. The Morgan fingerprint density at radius 2 is 1.97 bits per heavy atom. The number of benzene rings is 1. The molecule has 0 aliphatic carbocycles. The molecule has 0 spiro atoms. The first-order valence-electron chi connectivity index (χ1n) is 9.92. The van der Waals surface area contributed by atoms with E-state index in [1.807, 2.05) is 0 Å². The zero-order valence-corrected chi connectivity index (χ0v) is 16.5. The number of ether oxygens (including phenoxy) is 1. The average Bonchev–Trinajstić information content (AvgIpc) is 3.38. The summed E-state index contributed by atoms with van der Waals surface area (Å²) in [6.45, 7) is 1.03. The fraction of sp³-hybridized carbons (Fsp3) is 0.238. The minimum atomic E-state index is -0.381. The van der Waals surface area contributed by atoms with Crippen LogP contribution in [-0.4, -0.2) is 32.5 Å². The van der Waals surface area contributed by atoms with E-state index in [2.05, 4.69) is 15.1 Å². The molecule has 3 aromatic heterocycles. The summed E-state index contributed by atoms with van der Waals surface area (Å²) < 4.78 is 21.9. The SMILES string of the molecule is Nc1nc(-c2ccc(F)cc2)c(-c2ccc(=O)[nH]c2)c2[nH]n(C[C@H]3CCCO3)c(=O)[n+]12. The number of hydrogen-bond acceptors (Lipinski definition) is 5. The number of aromatic nitrogens is 5. The van der Waals surface area contributed by atoms with Gasteiger partial charge in [-0.2, -0.15) is 4.68 Å². The van der Waals surface area contributed by atoms with E-state index in [0.29, 0.717) is 41.2 Å². The largest absolute Gasteiger partial charge is 0.428 e. The lowest BCUT2D eigenvalue weighted by atomic mass is 10.0. The topological polar surface area (TPSA) is 123 Å². The van der Waals surface area contributed by atoms with E-state index in [1.165, 1.54) is 33.5 Å². The highest BCUT2D eigenvalue weighted by Gasteiger charge is 2.27. The van der Waals surface area contributed by atoms with Gasteiger partial charge >= 0.3 is 11.6 Å². The number of halogens is 1. The molecule has 1 aromatic carbocycles. The molecule has 158 valence electrons. The molecule has 4 heterocycles. The first kappa shape index (κ1) is 19.2. The molecule has 4 aromatic rings. The van der Waals surface area contributed by atoms with Crippen molar-refractivity contribution in [3.63, 3.8) is 0 Å². The van der Waals surface area contributed by atoms with Gasteiger partial charge in [0.25, 0.3) is 0 Å². The first-order valence-corrected chi connectivity index (χ1v) is 9.92. The molecule has 0 amide bonds. The minimum Gasteiger partial charge on any atom is -0.375 e. The summed E-state index contributed by atoms with van der Waals surface area (Å²) >= 11 is 0. The van der Waals surface area contributed by atoms with Gasteiger partial charge in [0.1, 0.15) is 18.1 Å². The smallest absolute Gasteiger partial charge is 0.375 e. The third kappa shape index (κ3) is 3.40. The normalized spacial score (nSPS) is 16.2. The minimum absolute atomic E-state index is 0.00478. The number of nitrogens with zero attached hydrogens (tertiary/aromatic N) is 3. The molecule has 1 aliphatic heterocycles. The fourth-order valence-corrected chi connectivity index (χ4v) is 3.93. The zero-order valence-electron chi connectivity index (χ0n) is 16.5. The Morgan fingerprint density at radius 1 is 1.19 bits per heavy atom. The van der Waals surface area contributed by atoms with Crippen LogP contribution < -0.4 is 21.4 Å². The molecule has 0 saturated carbocycles. The van der Waals surface area contributed by atoms with Crippen LogP contribution in [0.4, 0.5) is 10.3 Å². The predicted octanol–water partition coefficient (Wildman–Crippen LogP) is 1.23. The van der Waals surface area contributed by atoms with E-state index in [9.17, 15) is 14.0 Å². The lowest BCUT2D eigenvalue weighted by Gasteiger charge is -2.08. The summed E-state index contributed by atoms with van der Waals surface area (Å²) in [4.78, 5) is 31.8. The number of nitrogens with one attached hydrogen (secondary N) is 2. The Labute approximate surface area is 174 Å². The third-order valence-corrected chi connectivity index (χ3v) is 5.42. The number of nitrogens with two attached hydrogens (primary N) is 1. The van der Waals surface area contributed by atoms with Crippen molar-refractivity contribution in [2.24, 2.45) is 0 Å². The Bertz CT molecular complexity index is 1360. The van der Waals surface area contributed by atoms with Crippen LogP contribution in [0.1, 0.15) is 12.8 Å². The van der Waals surface area contributed by atoms with Gasteiger partial charge in [0.2, 0.25) is 11.2 Å². The van der Waals surface area contributed by atoms with Crippen LogP contribution in [0.2, 0.25) is 0 Å². The molecule has 0 radical (unpaired) electrons. The first-order chi connectivity index (χ1) is 15.0. The number of H-pyrrole nitrogens is 2. The van der Waals surface area contributed by atoms with E-state index >= 15 is 0 Å². The second-order valence-electron chi connectivity index (χ2n) is 7.47. The molecule has 1 atom stereocenters. The van der Waals surface area contributed by atoms with Gasteiger partial charge in [0.05, 0.1) is 11.7 Å². The molecule has 0 bridgehead atoms. The molecule has 31 heavy (non-hydrogen) atoms. The van der Waals surface area contributed by atoms with Gasteiger partial charge in [-0.3, -0.25) is 4.79 Å². The quantitative estimate of drug-likeness (QED) is 0.426. The Balaban J connectivity index is 1.78. The van der Waals surface area contributed by atoms with Crippen LogP contribution in [0.5, 0.6) is 0 Å². The number of aromatic amines is 2. The molecule has 9 nitrogen and oxygen atoms in total. The Morgan fingerprint density at radius 3 is 2.65 bits per heavy atom. The van der Waals surface area contributed by atoms with Crippen LogP contribution in [0.3, 0.4) is 0 Å². The number of pyridine rings is 1. The molecule has 10 heteroatoms. The number of anilines is 1. The van der Waals surface area contributed by atoms with E-state index in [1.54, 1.807) is 18.2 Å². The van der Waals surface area contributed by atoms with Crippen LogP contribution in [0.15, 0.2) is 52.2 Å². The molecule has 0 unspecified atom stereocenters. The highest BCUT2D eigenvalue weighted by molar-refractivity contribution is 5.88. The maximum absolute atomic E-state index is 13.5. The average molecular weight is 423 g/mol. The van der Waals surface area contributed by atoms with Gasteiger partial charge in [-0.05, 0) is 43.2 Å². The van der Waals surface area contributed by atoms with Crippen molar-refractivity contribution < 1.29 is 13.5 Å².